The summed E-state index contributed by atoms with van der Waals surface area (Å²) < 4.78 is 0. The van der Waals surface area contributed by atoms with Gasteiger partial charge in [-0.05, 0) is 36.1 Å². The van der Waals surface area contributed by atoms with Crippen LogP contribution in [0.5, 0.6) is 0 Å². The third-order valence-corrected chi connectivity index (χ3v) is 3.07. The number of aliphatic hydroxyl groups is 1. The second-order valence-electron chi connectivity index (χ2n) is 3.70. The number of hydrogen-bond acceptors (Lipinski definition) is 2. The Bertz CT molecular complexity index is 321. The van der Waals surface area contributed by atoms with E-state index in [1.54, 1.807) is 0 Å². The van der Waals surface area contributed by atoms with Gasteiger partial charge in [0.25, 0.3) is 0 Å². The fraction of sp³-hybridized carbons (Fsp3) is 0.455. The standard InChI is InChI=1S/C11H14ClNO/c12-11-5-8(7-14)1-2-10(11)9-3-4-13-6-9/h1-2,5,9,13-14H,3-4,6-7H2. The Morgan fingerprint density at radius 3 is 2.93 bits per heavy atom. The summed E-state index contributed by atoms with van der Waals surface area (Å²) in [5.41, 5.74) is 2.08. The first-order chi connectivity index (χ1) is 6.81. The molecule has 14 heavy (non-hydrogen) atoms. The lowest BCUT2D eigenvalue weighted by molar-refractivity contribution is 0.282. The Balaban J connectivity index is 2.25. The van der Waals surface area contributed by atoms with Gasteiger partial charge in [0.1, 0.15) is 0 Å². The summed E-state index contributed by atoms with van der Waals surface area (Å²) in [5, 5.41) is 13.0. The molecule has 1 atom stereocenters. The minimum Gasteiger partial charge on any atom is -0.392 e. The summed E-state index contributed by atoms with van der Waals surface area (Å²) in [5.74, 6) is 0.537. The van der Waals surface area contributed by atoms with Gasteiger partial charge >= 0.3 is 0 Å². The van der Waals surface area contributed by atoms with Crippen LogP contribution in [-0.2, 0) is 6.61 Å². The molecule has 0 spiro atoms. The van der Waals surface area contributed by atoms with E-state index in [9.17, 15) is 0 Å². The van der Waals surface area contributed by atoms with E-state index in [1.807, 2.05) is 18.2 Å². The van der Waals surface area contributed by atoms with Gasteiger partial charge in [-0.1, -0.05) is 23.7 Å². The Kier molecular flexibility index (Phi) is 3.06. The molecule has 0 bridgehead atoms. The van der Waals surface area contributed by atoms with Crippen molar-refractivity contribution in [3.63, 3.8) is 0 Å². The molecular weight excluding hydrogens is 198 g/mol. The molecule has 1 heterocycles. The van der Waals surface area contributed by atoms with Gasteiger partial charge in [-0.15, -0.1) is 0 Å². The van der Waals surface area contributed by atoms with Crippen LogP contribution in [-0.4, -0.2) is 18.2 Å². The minimum absolute atomic E-state index is 0.0584. The topological polar surface area (TPSA) is 32.3 Å². The Hall–Kier alpha value is -0.570. The molecular formula is C11H14ClNO. The van der Waals surface area contributed by atoms with Crippen molar-refractivity contribution in [2.75, 3.05) is 13.1 Å². The molecule has 0 amide bonds. The molecule has 0 radical (unpaired) electrons. The van der Waals surface area contributed by atoms with E-state index < -0.39 is 0 Å². The first-order valence-electron chi connectivity index (χ1n) is 4.91. The minimum atomic E-state index is 0.0584. The van der Waals surface area contributed by atoms with Crippen molar-refractivity contribution in [1.29, 1.82) is 0 Å². The largest absolute Gasteiger partial charge is 0.392 e. The molecule has 2 rings (SSSR count). The highest BCUT2D eigenvalue weighted by Gasteiger charge is 2.18. The Labute approximate surface area is 88.9 Å². The van der Waals surface area contributed by atoms with Crippen LogP contribution in [0.25, 0.3) is 0 Å². The van der Waals surface area contributed by atoms with Crippen LogP contribution in [0.1, 0.15) is 23.5 Å². The predicted octanol–water partition coefficient (Wildman–Crippen LogP) is 1.91. The first-order valence-corrected chi connectivity index (χ1v) is 5.29. The van der Waals surface area contributed by atoms with Gasteiger partial charge in [0.15, 0.2) is 0 Å². The molecule has 76 valence electrons. The van der Waals surface area contributed by atoms with E-state index in [4.69, 9.17) is 16.7 Å². The van der Waals surface area contributed by atoms with Gasteiger partial charge in [-0.3, -0.25) is 0 Å². The lowest BCUT2D eigenvalue weighted by Gasteiger charge is -2.11. The lowest BCUT2D eigenvalue weighted by atomic mass is 9.97. The molecule has 2 N–H and O–H groups in total. The zero-order valence-corrected chi connectivity index (χ0v) is 8.72. The number of nitrogens with one attached hydrogen (secondary N) is 1. The van der Waals surface area contributed by atoms with Crippen LogP contribution >= 0.6 is 11.6 Å². The van der Waals surface area contributed by atoms with Gasteiger partial charge in [0.05, 0.1) is 6.61 Å². The highest BCUT2D eigenvalue weighted by atomic mass is 35.5. The molecule has 0 aliphatic carbocycles. The smallest absolute Gasteiger partial charge is 0.0682 e. The van der Waals surface area contributed by atoms with Crippen molar-refractivity contribution >= 4 is 11.6 Å². The normalized spacial score (nSPS) is 21.4. The molecule has 1 aromatic carbocycles. The Morgan fingerprint density at radius 1 is 1.50 bits per heavy atom. The molecule has 0 saturated carbocycles. The van der Waals surface area contributed by atoms with Crippen molar-refractivity contribution in [1.82, 2.24) is 5.32 Å². The van der Waals surface area contributed by atoms with Gasteiger partial charge in [0, 0.05) is 11.6 Å². The zero-order chi connectivity index (χ0) is 9.97. The molecule has 1 aromatic rings. The van der Waals surface area contributed by atoms with Crippen LogP contribution in [0, 0.1) is 0 Å². The summed E-state index contributed by atoms with van der Waals surface area (Å²) >= 11 is 6.15. The van der Waals surface area contributed by atoms with Crippen LogP contribution in [0.2, 0.25) is 5.02 Å². The fourth-order valence-electron chi connectivity index (χ4n) is 1.92. The molecule has 0 aromatic heterocycles. The van der Waals surface area contributed by atoms with E-state index in [0.29, 0.717) is 5.92 Å². The van der Waals surface area contributed by atoms with Crippen LogP contribution in [0.4, 0.5) is 0 Å². The van der Waals surface area contributed by atoms with Crippen molar-refractivity contribution in [2.45, 2.75) is 18.9 Å². The van der Waals surface area contributed by atoms with E-state index in [2.05, 4.69) is 5.32 Å². The van der Waals surface area contributed by atoms with E-state index in [-0.39, 0.29) is 6.61 Å². The molecule has 3 heteroatoms. The fourth-order valence-corrected chi connectivity index (χ4v) is 2.28. The first kappa shape index (κ1) is 9.97. The van der Waals surface area contributed by atoms with E-state index in [0.717, 1.165) is 30.1 Å². The highest BCUT2D eigenvalue weighted by molar-refractivity contribution is 6.31. The predicted molar refractivity (Wildman–Crippen MR) is 57.6 cm³/mol. The second-order valence-corrected chi connectivity index (χ2v) is 4.11. The maximum atomic E-state index is 8.95. The number of halogens is 1. The maximum Gasteiger partial charge on any atom is 0.0682 e. The highest BCUT2D eigenvalue weighted by Crippen LogP contribution is 2.29. The summed E-state index contributed by atoms with van der Waals surface area (Å²) in [6, 6.07) is 5.83. The zero-order valence-electron chi connectivity index (χ0n) is 7.96. The van der Waals surface area contributed by atoms with Crippen molar-refractivity contribution in [3.8, 4) is 0 Å². The summed E-state index contributed by atoms with van der Waals surface area (Å²) in [6.07, 6.45) is 1.15. The molecule has 1 saturated heterocycles. The second kappa shape index (κ2) is 4.30. The SMILES string of the molecule is OCc1ccc(C2CCNC2)c(Cl)c1. The third-order valence-electron chi connectivity index (χ3n) is 2.75. The summed E-state index contributed by atoms with van der Waals surface area (Å²) in [4.78, 5) is 0. The van der Waals surface area contributed by atoms with Gasteiger partial charge < -0.3 is 10.4 Å². The molecule has 1 fully saturated rings. The third kappa shape index (κ3) is 1.92. The van der Waals surface area contributed by atoms with Crippen LogP contribution in [0.15, 0.2) is 18.2 Å². The van der Waals surface area contributed by atoms with Gasteiger partial charge in [0.2, 0.25) is 0 Å². The lowest BCUT2D eigenvalue weighted by Crippen LogP contribution is -2.08. The monoisotopic (exact) mass is 211 g/mol. The van der Waals surface area contributed by atoms with Crippen molar-refractivity contribution < 1.29 is 5.11 Å². The number of aliphatic hydroxyl groups excluding tert-OH is 1. The quantitative estimate of drug-likeness (QED) is 0.784. The van der Waals surface area contributed by atoms with Gasteiger partial charge in [-0.25, -0.2) is 0 Å². The molecule has 1 aliphatic heterocycles. The number of benzene rings is 1. The van der Waals surface area contributed by atoms with Crippen molar-refractivity contribution in [3.05, 3.63) is 34.3 Å². The number of hydrogen-bond donors (Lipinski definition) is 2. The Morgan fingerprint density at radius 2 is 2.36 bits per heavy atom. The number of rotatable bonds is 2. The molecule has 2 nitrogen and oxygen atoms in total. The van der Waals surface area contributed by atoms with Crippen molar-refractivity contribution in [2.24, 2.45) is 0 Å². The molecule has 1 unspecified atom stereocenters. The van der Waals surface area contributed by atoms with Crippen LogP contribution < -0.4 is 5.32 Å². The van der Waals surface area contributed by atoms with E-state index >= 15 is 0 Å². The van der Waals surface area contributed by atoms with E-state index in [1.165, 1.54) is 5.56 Å². The average Bonchev–Trinajstić information content (AvgIpc) is 2.70. The molecule has 1 aliphatic rings. The van der Waals surface area contributed by atoms with Crippen LogP contribution in [0.3, 0.4) is 0 Å². The average molecular weight is 212 g/mol. The maximum absolute atomic E-state index is 8.95. The van der Waals surface area contributed by atoms with Gasteiger partial charge in [-0.2, -0.15) is 0 Å². The summed E-state index contributed by atoms with van der Waals surface area (Å²) in [7, 11) is 0. The summed E-state index contributed by atoms with van der Waals surface area (Å²) in [6.45, 7) is 2.14.